The average Bonchev–Trinajstić information content (AvgIpc) is 2.12. The third-order valence-electron chi connectivity index (χ3n) is 2.57. The molecule has 0 rings (SSSR count). The van der Waals surface area contributed by atoms with Crippen molar-refractivity contribution in [2.24, 2.45) is 5.92 Å². The van der Waals surface area contributed by atoms with Crippen LogP contribution in [0.3, 0.4) is 0 Å². The smallest absolute Gasteiger partial charge is 0.0393 e. The van der Waals surface area contributed by atoms with Crippen molar-refractivity contribution in [2.75, 3.05) is 12.8 Å². The van der Waals surface area contributed by atoms with Crippen LogP contribution in [-0.2, 0) is 10.8 Å². The van der Waals surface area contributed by atoms with Crippen LogP contribution < -0.4 is 5.32 Å². The fourth-order valence-electron chi connectivity index (χ4n) is 1.19. The Morgan fingerprint density at radius 1 is 1.31 bits per heavy atom. The van der Waals surface area contributed by atoms with Crippen molar-refractivity contribution >= 4 is 10.8 Å². The first-order valence-electron chi connectivity index (χ1n) is 5.07. The molecule has 3 heteroatoms. The lowest BCUT2D eigenvalue weighted by molar-refractivity contribution is 0.417. The maximum absolute atomic E-state index is 11.6. The van der Waals surface area contributed by atoms with Crippen LogP contribution in [-0.4, -0.2) is 28.3 Å². The Labute approximate surface area is 84.9 Å². The van der Waals surface area contributed by atoms with Crippen LogP contribution in [0.5, 0.6) is 0 Å². The molecule has 0 bridgehead atoms. The Kier molecular flexibility index (Phi) is 6.60. The van der Waals surface area contributed by atoms with Crippen molar-refractivity contribution in [3.63, 3.8) is 0 Å². The second-order valence-electron chi connectivity index (χ2n) is 3.88. The molecule has 3 atom stereocenters. The Morgan fingerprint density at radius 3 is 2.15 bits per heavy atom. The van der Waals surface area contributed by atoms with Gasteiger partial charge in [0.1, 0.15) is 0 Å². The highest BCUT2D eigenvalue weighted by atomic mass is 32.2. The molecule has 0 aliphatic carbocycles. The summed E-state index contributed by atoms with van der Waals surface area (Å²) in [5, 5.41) is 3.52. The lowest BCUT2D eigenvalue weighted by Crippen LogP contribution is -2.38. The summed E-state index contributed by atoms with van der Waals surface area (Å²) in [5.41, 5.74) is 0. The van der Waals surface area contributed by atoms with Crippen molar-refractivity contribution in [3.8, 4) is 0 Å². The summed E-state index contributed by atoms with van der Waals surface area (Å²) in [4.78, 5) is 0. The third kappa shape index (κ3) is 4.77. The molecule has 2 nitrogen and oxygen atoms in total. The molecule has 0 aliphatic heterocycles. The van der Waals surface area contributed by atoms with E-state index in [1.54, 1.807) is 0 Å². The van der Waals surface area contributed by atoms with Crippen LogP contribution in [0, 0.1) is 5.92 Å². The zero-order valence-corrected chi connectivity index (χ0v) is 10.3. The summed E-state index contributed by atoms with van der Waals surface area (Å²) >= 11 is 0. The molecule has 0 radical (unpaired) electrons. The standard InChI is InChI=1S/C10H23NOS/c1-6-9(4)10(11-5)7-13(12)8(2)3/h8-11H,6-7H2,1-5H3. The molecule has 1 N–H and O–H groups in total. The van der Waals surface area contributed by atoms with Gasteiger partial charge in [-0.25, -0.2) is 0 Å². The van der Waals surface area contributed by atoms with Crippen molar-refractivity contribution in [2.45, 2.75) is 45.4 Å². The SMILES string of the molecule is CCC(C)C(CS(=O)C(C)C)NC. The van der Waals surface area contributed by atoms with Gasteiger partial charge in [-0.1, -0.05) is 34.1 Å². The first-order chi connectivity index (χ1) is 6.02. The first kappa shape index (κ1) is 13.1. The van der Waals surface area contributed by atoms with E-state index in [1.807, 2.05) is 20.9 Å². The number of hydrogen-bond donors (Lipinski definition) is 1. The molecule has 0 spiro atoms. The van der Waals surface area contributed by atoms with Crippen LogP contribution in [0.15, 0.2) is 0 Å². The van der Waals surface area contributed by atoms with Gasteiger partial charge >= 0.3 is 0 Å². The molecular formula is C10H23NOS. The van der Waals surface area contributed by atoms with Crippen LogP contribution >= 0.6 is 0 Å². The van der Waals surface area contributed by atoms with E-state index in [4.69, 9.17) is 0 Å². The van der Waals surface area contributed by atoms with E-state index in [1.165, 1.54) is 0 Å². The van der Waals surface area contributed by atoms with Crippen molar-refractivity contribution in [1.29, 1.82) is 0 Å². The van der Waals surface area contributed by atoms with Crippen LogP contribution in [0.4, 0.5) is 0 Å². The highest BCUT2D eigenvalue weighted by molar-refractivity contribution is 7.85. The Balaban J connectivity index is 4.05. The predicted molar refractivity (Wildman–Crippen MR) is 60.4 cm³/mol. The molecule has 80 valence electrons. The monoisotopic (exact) mass is 205 g/mol. The minimum absolute atomic E-state index is 0.278. The molecule has 0 aromatic carbocycles. The fraction of sp³-hybridized carbons (Fsp3) is 1.00. The molecule has 13 heavy (non-hydrogen) atoms. The average molecular weight is 205 g/mol. The first-order valence-corrected chi connectivity index (χ1v) is 6.45. The molecule has 0 aromatic heterocycles. The minimum atomic E-state index is -0.686. The summed E-state index contributed by atoms with van der Waals surface area (Å²) < 4.78 is 11.6. The lowest BCUT2D eigenvalue weighted by Gasteiger charge is -2.22. The summed E-state index contributed by atoms with van der Waals surface area (Å²) in [7, 11) is 1.27. The molecule has 0 saturated carbocycles. The van der Waals surface area contributed by atoms with Gasteiger partial charge in [-0.2, -0.15) is 0 Å². The topological polar surface area (TPSA) is 29.1 Å². The van der Waals surface area contributed by atoms with Gasteiger partial charge in [0.15, 0.2) is 0 Å². The quantitative estimate of drug-likeness (QED) is 0.716. The van der Waals surface area contributed by atoms with Crippen LogP contribution in [0.1, 0.15) is 34.1 Å². The van der Waals surface area contributed by atoms with Crippen LogP contribution in [0.2, 0.25) is 0 Å². The maximum Gasteiger partial charge on any atom is 0.0393 e. The van der Waals surface area contributed by atoms with Gasteiger partial charge in [0.2, 0.25) is 0 Å². The molecular weight excluding hydrogens is 182 g/mol. The molecule has 0 saturated heterocycles. The van der Waals surface area contributed by atoms with Crippen LogP contribution in [0.25, 0.3) is 0 Å². The van der Waals surface area contributed by atoms with Gasteiger partial charge in [0, 0.05) is 27.8 Å². The van der Waals surface area contributed by atoms with Gasteiger partial charge in [0.25, 0.3) is 0 Å². The Hall–Kier alpha value is 0.110. The highest BCUT2D eigenvalue weighted by Crippen LogP contribution is 2.10. The normalized spacial score (nSPS) is 18.6. The fourth-order valence-corrected chi connectivity index (χ4v) is 2.42. The second-order valence-corrected chi connectivity index (χ2v) is 5.91. The Morgan fingerprint density at radius 2 is 1.85 bits per heavy atom. The molecule has 0 aliphatic rings. The summed E-state index contributed by atoms with van der Waals surface area (Å²) in [6.45, 7) is 8.41. The predicted octanol–water partition coefficient (Wildman–Crippen LogP) is 1.78. The van der Waals surface area contributed by atoms with Gasteiger partial charge < -0.3 is 5.32 Å². The summed E-state index contributed by atoms with van der Waals surface area (Å²) in [6, 6.07) is 0.397. The van der Waals surface area contributed by atoms with Gasteiger partial charge in [0.05, 0.1) is 0 Å². The van der Waals surface area contributed by atoms with E-state index >= 15 is 0 Å². The number of hydrogen-bond acceptors (Lipinski definition) is 2. The van der Waals surface area contributed by atoms with Gasteiger partial charge in [-0.05, 0) is 13.0 Å². The van der Waals surface area contributed by atoms with Crippen molar-refractivity contribution in [1.82, 2.24) is 5.32 Å². The highest BCUT2D eigenvalue weighted by Gasteiger charge is 2.17. The minimum Gasteiger partial charge on any atom is -0.316 e. The van der Waals surface area contributed by atoms with E-state index in [0.717, 1.165) is 12.2 Å². The summed E-state index contributed by atoms with van der Waals surface area (Å²) in [6.07, 6.45) is 1.14. The molecule has 0 fully saturated rings. The van der Waals surface area contributed by atoms with E-state index in [0.29, 0.717) is 12.0 Å². The molecule has 3 unspecified atom stereocenters. The molecule has 0 amide bonds. The number of nitrogens with one attached hydrogen (secondary N) is 1. The van der Waals surface area contributed by atoms with Crippen molar-refractivity contribution in [3.05, 3.63) is 0 Å². The van der Waals surface area contributed by atoms with Crippen molar-refractivity contribution < 1.29 is 4.21 Å². The zero-order chi connectivity index (χ0) is 10.4. The summed E-state index contributed by atoms with van der Waals surface area (Å²) in [5.74, 6) is 1.39. The van der Waals surface area contributed by atoms with Gasteiger partial charge in [-0.15, -0.1) is 0 Å². The number of rotatable bonds is 6. The maximum atomic E-state index is 11.6. The largest absolute Gasteiger partial charge is 0.316 e. The lowest BCUT2D eigenvalue weighted by atomic mass is 10.0. The van der Waals surface area contributed by atoms with E-state index in [2.05, 4.69) is 19.2 Å². The zero-order valence-electron chi connectivity index (χ0n) is 9.46. The third-order valence-corrected chi connectivity index (χ3v) is 4.31. The second kappa shape index (κ2) is 6.55. The van der Waals surface area contributed by atoms with Gasteiger partial charge in [-0.3, -0.25) is 4.21 Å². The van der Waals surface area contributed by atoms with E-state index < -0.39 is 10.8 Å². The molecule has 0 heterocycles. The molecule has 0 aromatic rings. The van der Waals surface area contributed by atoms with E-state index in [-0.39, 0.29) is 5.25 Å². The van der Waals surface area contributed by atoms with E-state index in [9.17, 15) is 4.21 Å². The Bertz CT molecular complexity index is 159.